The van der Waals surface area contributed by atoms with Gasteiger partial charge in [0, 0.05) is 22.6 Å². The van der Waals surface area contributed by atoms with Crippen molar-refractivity contribution in [3.8, 4) is 0 Å². The predicted octanol–water partition coefficient (Wildman–Crippen LogP) is 2.87. The van der Waals surface area contributed by atoms with E-state index >= 15 is 0 Å². The molecule has 0 saturated heterocycles. The summed E-state index contributed by atoms with van der Waals surface area (Å²) in [5, 5.41) is 3.15. The summed E-state index contributed by atoms with van der Waals surface area (Å²) in [6.45, 7) is 2.01. The second-order valence-electron chi connectivity index (χ2n) is 3.37. The molecule has 4 nitrogen and oxygen atoms in total. The fourth-order valence-electron chi connectivity index (χ4n) is 1.34. The average Bonchev–Trinajstić information content (AvgIpc) is 2.25. The largest absolute Gasteiger partial charge is 0.381 e. The molecular weight excluding hydrogens is 268 g/mol. The molecule has 0 amide bonds. The van der Waals surface area contributed by atoms with E-state index in [0.29, 0.717) is 11.6 Å². The zero-order valence-electron chi connectivity index (χ0n) is 8.74. The van der Waals surface area contributed by atoms with Crippen LogP contribution in [-0.2, 0) is 0 Å². The van der Waals surface area contributed by atoms with Crippen LogP contribution in [0.1, 0.15) is 5.56 Å². The lowest BCUT2D eigenvalue weighted by atomic mass is 10.2. The van der Waals surface area contributed by atoms with Crippen LogP contribution < -0.4 is 11.1 Å². The summed E-state index contributed by atoms with van der Waals surface area (Å²) >= 11 is 3.42. The van der Waals surface area contributed by atoms with Crippen LogP contribution in [0.5, 0.6) is 0 Å². The van der Waals surface area contributed by atoms with Crippen molar-refractivity contribution in [1.82, 2.24) is 9.97 Å². The number of aryl methyl sites for hydroxylation is 1. The molecule has 0 bridgehead atoms. The quantitative estimate of drug-likeness (QED) is 0.887. The highest BCUT2D eigenvalue weighted by molar-refractivity contribution is 9.10. The molecule has 0 spiro atoms. The van der Waals surface area contributed by atoms with E-state index in [0.717, 1.165) is 15.7 Å². The van der Waals surface area contributed by atoms with Crippen LogP contribution in [0.3, 0.4) is 0 Å². The van der Waals surface area contributed by atoms with E-state index in [2.05, 4.69) is 31.2 Å². The van der Waals surface area contributed by atoms with E-state index in [4.69, 9.17) is 5.73 Å². The minimum Gasteiger partial charge on any atom is -0.381 e. The summed E-state index contributed by atoms with van der Waals surface area (Å²) in [7, 11) is 0. The lowest BCUT2D eigenvalue weighted by molar-refractivity contribution is 1.20. The van der Waals surface area contributed by atoms with Gasteiger partial charge < -0.3 is 11.1 Å². The third-order valence-electron chi connectivity index (χ3n) is 2.17. The molecule has 0 atom stereocenters. The van der Waals surface area contributed by atoms with E-state index < -0.39 is 0 Å². The molecule has 0 fully saturated rings. The van der Waals surface area contributed by atoms with Crippen LogP contribution in [0.4, 0.5) is 17.3 Å². The number of halogens is 1. The molecule has 0 aliphatic carbocycles. The first kappa shape index (κ1) is 10.9. The van der Waals surface area contributed by atoms with E-state index in [1.807, 2.05) is 25.1 Å². The molecule has 5 heteroatoms. The second kappa shape index (κ2) is 4.49. The molecule has 3 N–H and O–H groups in total. The van der Waals surface area contributed by atoms with Crippen molar-refractivity contribution in [2.75, 3.05) is 11.1 Å². The zero-order valence-corrected chi connectivity index (χ0v) is 10.3. The molecular formula is C11H11BrN4. The molecule has 16 heavy (non-hydrogen) atoms. The lowest BCUT2D eigenvalue weighted by Gasteiger charge is -2.09. The number of nitrogens with two attached hydrogens (primary N) is 1. The Hall–Kier alpha value is -1.62. The van der Waals surface area contributed by atoms with Crippen molar-refractivity contribution in [2.24, 2.45) is 0 Å². The fraction of sp³-hybridized carbons (Fsp3) is 0.0909. The number of hydrogen-bond acceptors (Lipinski definition) is 4. The zero-order chi connectivity index (χ0) is 11.5. The SMILES string of the molecule is Cc1cc(Br)ccc1Nc1nccnc1N. The number of benzene rings is 1. The first-order valence-electron chi connectivity index (χ1n) is 4.76. The van der Waals surface area contributed by atoms with E-state index in [9.17, 15) is 0 Å². The lowest BCUT2D eigenvalue weighted by Crippen LogP contribution is -2.01. The molecule has 0 radical (unpaired) electrons. The molecule has 0 aliphatic heterocycles. The van der Waals surface area contributed by atoms with Crippen molar-refractivity contribution in [2.45, 2.75) is 6.92 Å². The van der Waals surface area contributed by atoms with Crippen LogP contribution in [0, 0.1) is 6.92 Å². The summed E-state index contributed by atoms with van der Waals surface area (Å²) in [5.41, 5.74) is 7.78. The summed E-state index contributed by atoms with van der Waals surface area (Å²) in [4.78, 5) is 8.09. The van der Waals surface area contributed by atoms with Gasteiger partial charge in [-0.1, -0.05) is 15.9 Å². The summed E-state index contributed by atoms with van der Waals surface area (Å²) in [5.74, 6) is 0.970. The van der Waals surface area contributed by atoms with Gasteiger partial charge >= 0.3 is 0 Å². The number of aromatic nitrogens is 2. The topological polar surface area (TPSA) is 63.8 Å². The molecule has 0 saturated carbocycles. The van der Waals surface area contributed by atoms with Crippen LogP contribution >= 0.6 is 15.9 Å². The van der Waals surface area contributed by atoms with Crippen LogP contribution in [-0.4, -0.2) is 9.97 Å². The minimum absolute atomic E-state index is 0.393. The Labute approximate surface area is 102 Å². The van der Waals surface area contributed by atoms with Crippen LogP contribution in [0.15, 0.2) is 35.1 Å². The molecule has 2 rings (SSSR count). The molecule has 1 aromatic carbocycles. The van der Waals surface area contributed by atoms with Gasteiger partial charge in [0.15, 0.2) is 11.6 Å². The van der Waals surface area contributed by atoms with Crippen molar-refractivity contribution >= 4 is 33.3 Å². The monoisotopic (exact) mass is 278 g/mol. The average molecular weight is 279 g/mol. The maximum Gasteiger partial charge on any atom is 0.173 e. The number of hydrogen-bond donors (Lipinski definition) is 2. The van der Waals surface area contributed by atoms with Gasteiger partial charge in [0.25, 0.3) is 0 Å². The van der Waals surface area contributed by atoms with Crippen molar-refractivity contribution in [1.29, 1.82) is 0 Å². The Kier molecular flexibility index (Phi) is 3.05. The third kappa shape index (κ3) is 2.30. The normalized spacial score (nSPS) is 10.1. The molecule has 82 valence electrons. The standard InChI is InChI=1S/C11H11BrN4/c1-7-6-8(12)2-3-9(7)16-11-10(13)14-4-5-15-11/h2-6H,1H3,(H2,13,14)(H,15,16). The fourth-order valence-corrected chi connectivity index (χ4v) is 1.82. The predicted molar refractivity (Wildman–Crippen MR) is 68.6 cm³/mol. The van der Waals surface area contributed by atoms with Gasteiger partial charge in [0.2, 0.25) is 0 Å². The Morgan fingerprint density at radius 3 is 2.69 bits per heavy atom. The van der Waals surface area contributed by atoms with Gasteiger partial charge in [0.05, 0.1) is 0 Å². The summed E-state index contributed by atoms with van der Waals surface area (Å²) < 4.78 is 1.04. The van der Waals surface area contributed by atoms with Gasteiger partial charge in [-0.2, -0.15) is 0 Å². The van der Waals surface area contributed by atoms with Gasteiger partial charge in [-0.15, -0.1) is 0 Å². The molecule has 1 aromatic heterocycles. The van der Waals surface area contributed by atoms with Crippen molar-refractivity contribution in [3.63, 3.8) is 0 Å². The van der Waals surface area contributed by atoms with Gasteiger partial charge in [-0.25, -0.2) is 9.97 Å². The highest BCUT2D eigenvalue weighted by atomic mass is 79.9. The third-order valence-corrected chi connectivity index (χ3v) is 2.66. The maximum atomic E-state index is 5.70. The summed E-state index contributed by atoms with van der Waals surface area (Å²) in [6.07, 6.45) is 3.17. The first-order valence-corrected chi connectivity index (χ1v) is 5.56. The van der Waals surface area contributed by atoms with E-state index in [-0.39, 0.29) is 0 Å². The number of nitrogens with zero attached hydrogens (tertiary/aromatic N) is 2. The van der Waals surface area contributed by atoms with Crippen molar-refractivity contribution in [3.05, 3.63) is 40.6 Å². The summed E-state index contributed by atoms with van der Waals surface area (Å²) in [6, 6.07) is 5.95. The molecule has 2 aromatic rings. The Morgan fingerprint density at radius 2 is 2.00 bits per heavy atom. The Morgan fingerprint density at radius 1 is 1.25 bits per heavy atom. The smallest absolute Gasteiger partial charge is 0.173 e. The highest BCUT2D eigenvalue weighted by Gasteiger charge is 2.03. The van der Waals surface area contributed by atoms with E-state index in [1.165, 1.54) is 0 Å². The highest BCUT2D eigenvalue weighted by Crippen LogP contribution is 2.24. The molecule has 1 heterocycles. The van der Waals surface area contributed by atoms with Gasteiger partial charge in [-0.05, 0) is 30.7 Å². The molecule has 0 unspecified atom stereocenters. The van der Waals surface area contributed by atoms with Gasteiger partial charge in [-0.3, -0.25) is 0 Å². The first-order chi connectivity index (χ1) is 7.66. The van der Waals surface area contributed by atoms with Gasteiger partial charge in [0.1, 0.15) is 0 Å². The Balaban J connectivity index is 2.31. The number of nitrogen functional groups attached to an aromatic ring is 1. The Bertz CT molecular complexity index is 513. The maximum absolute atomic E-state index is 5.70. The number of nitrogens with one attached hydrogen (secondary N) is 1. The second-order valence-corrected chi connectivity index (χ2v) is 4.29. The van der Waals surface area contributed by atoms with E-state index in [1.54, 1.807) is 12.4 Å². The number of rotatable bonds is 2. The van der Waals surface area contributed by atoms with Crippen LogP contribution in [0.25, 0.3) is 0 Å². The molecule has 0 aliphatic rings. The van der Waals surface area contributed by atoms with Crippen molar-refractivity contribution < 1.29 is 0 Å². The van der Waals surface area contributed by atoms with Crippen LogP contribution in [0.2, 0.25) is 0 Å². The minimum atomic E-state index is 0.393. The number of anilines is 3.